The molecule has 0 radical (unpaired) electrons. The van der Waals surface area contributed by atoms with Crippen molar-refractivity contribution >= 4 is 11.6 Å². The molecular weight excluding hydrogens is 220 g/mol. The van der Waals surface area contributed by atoms with E-state index in [-0.39, 0.29) is 13.2 Å². The summed E-state index contributed by atoms with van der Waals surface area (Å²) in [5, 5.41) is 24.6. The first kappa shape index (κ1) is 13.7. The first-order valence-corrected chi connectivity index (χ1v) is 5.70. The number of nitrogens with one attached hydrogen (secondary N) is 2. The number of aliphatic hydroxyl groups excluding tert-OH is 1. The summed E-state index contributed by atoms with van der Waals surface area (Å²) in [4.78, 5) is 8.30. The molecule has 0 aliphatic heterocycles. The van der Waals surface area contributed by atoms with Crippen LogP contribution in [0.2, 0.25) is 0 Å². The Morgan fingerprint density at radius 3 is 2.53 bits per heavy atom. The predicted molar refractivity (Wildman–Crippen MR) is 67.0 cm³/mol. The third-order valence-electron chi connectivity index (χ3n) is 2.18. The second-order valence-corrected chi connectivity index (χ2v) is 4.22. The smallest absolute Gasteiger partial charge is 0.147 e. The largest absolute Gasteiger partial charge is 0.393 e. The summed E-state index contributed by atoms with van der Waals surface area (Å²) in [7, 11) is 0. The van der Waals surface area contributed by atoms with Crippen LogP contribution in [-0.2, 0) is 0 Å². The zero-order valence-corrected chi connectivity index (χ0v) is 10.3. The number of aliphatic hydroxyl groups is 2. The van der Waals surface area contributed by atoms with Gasteiger partial charge in [0.15, 0.2) is 0 Å². The van der Waals surface area contributed by atoms with E-state index in [2.05, 4.69) is 27.5 Å². The van der Waals surface area contributed by atoms with E-state index in [4.69, 9.17) is 5.11 Å². The van der Waals surface area contributed by atoms with Gasteiger partial charge in [-0.05, 0) is 13.3 Å². The first-order valence-electron chi connectivity index (χ1n) is 5.70. The van der Waals surface area contributed by atoms with Gasteiger partial charge in [0.25, 0.3) is 0 Å². The molecule has 0 bridgehead atoms. The quantitative estimate of drug-likeness (QED) is 0.553. The minimum absolute atomic E-state index is 0.218. The molecule has 1 rings (SSSR count). The SMILES string of the molecule is CCCNc1cncc(NCC(C)(O)CO)n1. The van der Waals surface area contributed by atoms with E-state index >= 15 is 0 Å². The standard InChI is InChI=1S/C11H20N4O2/c1-3-4-13-9-5-12-6-10(15-9)14-7-11(2,17)8-16/h5-6,16-17H,3-4,7-8H2,1-2H3,(H2,13,14,15). The Kier molecular flexibility index (Phi) is 5.11. The second kappa shape index (κ2) is 6.36. The summed E-state index contributed by atoms with van der Waals surface area (Å²) in [6, 6.07) is 0. The molecule has 1 unspecified atom stereocenters. The van der Waals surface area contributed by atoms with Crippen LogP contribution in [0, 0.1) is 0 Å². The monoisotopic (exact) mass is 240 g/mol. The van der Waals surface area contributed by atoms with Crippen LogP contribution in [0.25, 0.3) is 0 Å². The molecule has 1 aromatic rings. The molecule has 0 aliphatic carbocycles. The molecule has 0 spiro atoms. The van der Waals surface area contributed by atoms with Crippen LogP contribution in [0.4, 0.5) is 11.6 Å². The fourth-order valence-electron chi connectivity index (χ4n) is 1.13. The van der Waals surface area contributed by atoms with Gasteiger partial charge in [0, 0.05) is 13.1 Å². The van der Waals surface area contributed by atoms with Gasteiger partial charge in [-0.2, -0.15) is 0 Å². The minimum Gasteiger partial charge on any atom is -0.393 e. The number of anilines is 2. The van der Waals surface area contributed by atoms with Crippen LogP contribution < -0.4 is 10.6 Å². The van der Waals surface area contributed by atoms with Crippen LogP contribution in [0.1, 0.15) is 20.3 Å². The highest BCUT2D eigenvalue weighted by atomic mass is 16.3. The fraction of sp³-hybridized carbons (Fsp3) is 0.636. The average molecular weight is 240 g/mol. The lowest BCUT2D eigenvalue weighted by Crippen LogP contribution is -2.37. The Balaban J connectivity index is 2.53. The molecule has 1 heterocycles. The summed E-state index contributed by atoms with van der Waals surface area (Å²) in [6.07, 6.45) is 4.23. The fourth-order valence-corrected chi connectivity index (χ4v) is 1.13. The van der Waals surface area contributed by atoms with Gasteiger partial charge in [0.2, 0.25) is 0 Å². The van der Waals surface area contributed by atoms with Crippen molar-refractivity contribution in [3.05, 3.63) is 12.4 Å². The van der Waals surface area contributed by atoms with Crippen LogP contribution in [0.15, 0.2) is 12.4 Å². The van der Waals surface area contributed by atoms with Crippen molar-refractivity contribution in [3.8, 4) is 0 Å². The maximum atomic E-state index is 9.62. The van der Waals surface area contributed by atoms with Crippen molar-refractivity contribution in [2.45, 2.75) is 25.9 Å². The number of nitrogens with zero attached hydrogens (tertiary/aromatic N) is 2. The topological polar surface area (TPSA) is 90.3 Å². The van der Waals surface area contributed by atoms with Crippen molar-refractivity contribution in [1.82, 2.24) is 9.97 Å². The molecule has 0 aliphatic rings. The van der Waals surface area contributed by atoms with Gasteiger partial charge >= 0.3 is 0 Å². The molecule has 0 saturated carbocycles. The molecular formula is C11H20N4O2. The molecule has 6 heteroatoms. The molecule has 0 fully saturated rings. The zero-order valence-electron chi connectivity index (χ0n) is 10.3. The van der Waals surface area contributed by atoms with Gasteiger partial charge in [-0.25, -0.2) is 4.98 Å². The van der Waals surface area contributed by atoms with Crippen LogP contribution in [0.3, 0.4) is 0 Å². The van der Waals surface area contributed by atoms with E-state index < -0.39 is 5.60 Å². The van der Waals surface area contributed by atoms with E-state index in [0.717, 1.165) is 13.0 Å². The maximum Gasteiger partial charge on any atom is 0.147 e. The molecule has 1 atom stereocenters. The zero-order chi connectivity index (χ0) is 12.7. The maximum absolute atomic E-state index is 9.62. The molecule has 1 aromatic heterocycles. The molecule has 6 nitrogen and oxygen atoms in total. The summed E-state index contributed by atoms with van der Waals surface area (Å²) in [5.41, 5.74) is -1.16. The molecule has 0 aromatic carbocycles. The molecule has 17 heavy (non-hydrogen) atoms. The van der Waals surface area contributed by atoms with Gasteiger partial charge in [-0.3, -0.25) is 4.98 Å². The lowest BCUT2D eigenvalue weighted by Gasteiger charge is -2.20. The Hall–Kier alpha value is -1.40. The lowest BCUT2D eigenvalue weighted by atomic mass is 10.1. The number of rotatable bonds is 7. The Labute approximate surface area is 101 Å². The Morgan fingerprint density at radius 2 is 1.94 bits per heavy atom. The minimum atomic E-state index is -1.16. The summed E-state index contributed by atoms with van der Waals surface area (Å²) in [5.74, 6) is 1.26. The van der Waals surface area contributed by atoms with Gasteiger partial charge in [-0.1, -0.05) is 6.92 Å². The van der Waals surface area contributed by atoms with Crippen LogP contribution in [-0.4, -0.2) is 45.5 Å². The van der Waals surface area contributed by atoms with E-state index in [9.17, 15) is 5.11 Å². The molecule has 96 valence electrons. The van der Waals surface area contributed by atoms with Gasteiger partial charge < -0.3 is 20.8 Å². The Morgan fingerprint density at radius 1 is 1.29 bits per heavy atom. The molecule has 0 amide bonds. The number of hydrogen-bond donors (Lipinski definition) is 4. The Bertz CT molecular complexity index is 344. The highest BCUT2D eigenvalue weighted by molar-refractivity contribution is 5.41. The van der Waals surface area contributed by atoms with E-state index in [1.54, 1.807) is 19.3 Å². The van der Waals surface area contributed by atoms with Crippen molar-refractivity contribution < 1.29 is 10.2 Å². The van der Waals surface area contributed by atoms with Gasteiger partial charge in [0.1, 0.15) is 17.2 Å². The third kappa shape index (κ3) is 4.97. The summed E-state index contributed by atoms with van der Waals surface area (Å²) < 4.78 is 0. The molecule has 0 saturated heterocycles. The lowest BCUT2D eigenvalue weighted by molar-refractivity contribution is 0.0131. The predicted octanol–water partition coefficient (Wildman–Crippen LogP) is 0.454. The highest BCUT2D eigenvalue weighted by Gasteiger charge is 2.18. The first-order chi connectivity index (χ1) is 8.07. The van der Waals surface area contributed by atoms with Crippen molar-refractivity contribution in [3.63, 3.8) is 0 Å². The normalized spacial score (nSPS) is 14.1. The summed E-state index contributed by atoms with van der Waals surface area (Å²) >= 11 is 0. The highest BCUT2D eigenvalue weighted by Crippen LogP contribution is 2.09. The van der Waals surface area contributed by atoms with Gasteiger partial charge in [-0.15, -0.1) is 0 Å². The third-order valence-corrected chi connectivity index (χ3v) is 2.18. The van der Waals surface area contributed by atoms with Crippen molar-refractivity contribution in [2.75, 3.05) is 30.3 Å². The van der Waals surface area contributed by atoms with E-state index in [1.165, 1.54) is 0 Å². The van der Waals surface area contributed by atoms with Crippen LogP contribution in [0.5, 0.6) is 0 Å². The second-order valence-electron chi connectivity index (χ2n) is 4.22. The molecule has 4 N–H and O–H groups in total. The van der Waals surface area contributed by atoms with Crippen molar-refractivity contribution in [2.24, 2.45) is 0 Å². The van der Waals surface area contributed by atoms with Crippen molar-refractivity contribution in [1.29, 1.82) is 0 Å². The van der Waals surface area contributed by atoms with E-state index in [1.807, 2.05) is 0 Å². The van der Waals surface area contributed by atoms with Gasteiger partial charge in [0.05, 0.1) is 19.0 Å². The number of aromatic nitrogens is 2. The average Bonchev–Trinajstić information content (AvgIpc) is 2.35. The van der Waals surface area contributed by atoms with E-state index in [0.29, 0.717) is 11.6 Å². The number of hydrogen-bond acceptors (Lipinski definition) is 6. The summed E-state index contributed by atoms with van der Waals surface area (Å²) in [6.45, 7) is 4.37. The van der Waals surface area contributed by atoms with Crippen LogP contribution >= 0.6 is 0 Å².